The molecule has 0 heterocycles. The molecule has 6 nitrogen and oxygen atoms in total. The van der Waals surface area contributed by atoms with Gasteiger partial charge in [-0.25, -0.2) is 8.42 Å². The quantitative estimate of drug-likeness (QED) is 0.646. The summed E-state index contributed by atoms with van der Waals surface area (Å²) in [5.41, 5.74) is 0.224. The lowest BCUT2D eigenvalue weighted by molar-refractivity contribution is -0.384. The van der Waals surface area contributed by atoms with Gasteiger partial charge in [0, 0.05) is 12.1 Å². The summed E-state index contributed by atoms with van der Waals surface area (Å²) < 4.78 is 25.4. The monoisotopic (exact) mass is 335 g/mol. The predicted molar refractivity (Wildman–Crippen MR) is 85.8 cm³/mol. The minimum atomic E-state index is -3.71. The number of aliphatic hydroxyl groups excluding tert-OH is 1. The second-order valence-corrected chi connectivity index (χ2v) is 7.27. The lowest BCUT2D eigenvalue weighted by atomic mass is 10.0. The van der Waals surface area contributed by atoms with Crippen molar-refractivity contribution in [3.05, 3.63) is 70.3 Å². The first kappa shape index (κ1) is 17.1. The van der Waals surface area contributed by atoms with Crippen LogP contribution in [0.25, 0.3) is 0 Å². The smallest absolute Gasteiger partial charge is 0.269 e. The van der Waals surface area contributed by atoms with E-state index in [1.54, 1.807) is 25.1 Å². The Hall–Kier alpha value is -2.25. The van der Waals surface area contributed by atoms with Crippen molar-refractivity contribution in [2.24, 2.45) is 0 Å². The number of nitro groups is 1. The third kappa shape index (κ3) is 3.57. The molecular formula is C16H17NO5S. The van der Waals surface area contributed by atoms with E-state index in [4.69, 9.17) is 0 Å². The average molecular weight is 335 g/mol. The molecule has 0 fully saturated rings. The largest absolute Gasteiger partial charge is 0.387 e. The van der Waals surface area contributed by atoms with E-state index in [2.05, 4.69) is 0 Å². The van der Waals surface area contributed by atoms with Gasteiger partial charge in [0.1, 0.15) is 0 Å². The predicted octanol–water partition coefficient (Wildman–Crippen LogP) is 2.88. The minimum absolute atomic E-state index is 0.111. The van der Waals surface area contributed by atoms with Crippen LogP contribution in [0, 0.1) is 10.1 Å². The second-order valence-electron chi connectivity index (χ2n) is 5.10. The summed E-state index contributed by atoms with van der Waals surface area (Å²) >= 11 is 0. The van der Waals surface area contributed by atoms with Crippen molar-refractivity contribution in [3.8, 4) is 0 Å². The molecule has 0 aromatic heterocycles. The van der Waals surface area contributed by atoms with Crippen LogP contribution in [0.4, 0.5) is 5.69 Å². The first-order chi connectivity index (χ1) is 10.9. The molecule has 0 aliphatic rings. The highest BCUT2D eigenvalue weighted by molar-refractivity contribution is 7.92. The lowest BCUT2D eigenvalue weighted by Crippen LogP contribution is -2.28. The van der Waals surface area contributed by atoms with E-state index in [1.807, 2.05) is 0 Å². The van der Waals surface area contributed by atoms with Crippen molar-refractivity contribution in [3.63, 3.8) is 0 Å². The number of nitrogens with zero attached hydrogens (tertiary/aromatic N) is 1. The van der Waals surface area contributed by atoms with Crippen LogP contribution in [0.5, 0.6) is 0 Å². The highest BCUT2D eigenvalue weighted by atomic mass is 32.2. The molecule has 0 unspecified atom stereocenters. The van der Waals surface area contributed by atoms with Crippen LogP contribution < -0.4 is 0 Å². The highest BCUT2D eigenvalue weighted by Crippen LogP contribution is 2.30. The molecule has 0 saturated heterocycles. The number of sulfone groups is 1. The maximum atomic E-state index is 12.7. The molecule has 2 aromatic carbocycles. The fourth-order valence-corrected chi connectivity index (χ4v) is 4.23. The lowest BCUT2D eigenvalue weighted by Gasteiger charge is -2.22. The molecule has 0 bridgehead atoms. The Morgan fingerprint density at radius 1 is 1.09 bits per heavy atom. The van der Waals surface area contributed by atoms with E-state index in [1.165, 1.54) is 36.4 Å². The Labute approximate surface area is 134 Å². The van der Waals surface area contributed by atoms with Crippen molar-refractivity contribution in [2.75, 3.05) is 0 Å². The van der Waals surface area contributed by atoms with E-state index >= 15 is 0 Å². The standard InChI is InChI=1S/C16H17NO5S/c1-2-15(23(21,22)14-6-4-3-5-7-14)16(18)12-8-10-13(11-9-12)17(19)20/h3-11,15-16,18H,2H2,1H3/t15-,16+/m0/s1. The van der Waals surface area contributed by atoms with Gasteiger partial charge < -0.3 is 5.11 Å². The molecule has 0 amide bonds. The minimum Gasteiger partial charge on any atom is -0.387 e. The topological polar surface area (TPSA) is 97.5 Å². The zero-order valence-electron chi connectivity index (χ0n) is 12.5. The van der Waals surface area contributed by atoms with Gasteiger partial charge >= 0.3 is 0 Å². The Balaban J connectivity index is 2.35. The number of benzene rings is 2. The summed E-state index contributed by atoms with van der Waals surface area (Å²) in [7, 11) is -3.71. The SMILES string of the molecule is CC[C@@H]([C@H](O)c1ccc([N+](=O)[O-])cc1)S(=O)(=O)c1ccccc1. The van der Waals surface area contributed by atoms with Gasteiger partial charge in [0.05, 0.1) is 21.2 Å². The number of non-ortho nitro benzene ring substituents is 1. The molecule has 7 heteroatoms. The third-order valence-electron chi connectivity index (χ3n) is 3.67. The molecule has 23 heavy (non-hydrogen) atoms. The summed E-state index contributed by atoms with van der Waals surface area (Å²) in [6, 6.07) is 13.2. The van der Waals surface area contributed by atoms with Gasteiger partial charge in [0.25, 0.3) is 5.69 Å². The number of nitro benzene ring substituents is 1. The molecular weight excluding hydrogens is 318 g/mol. The molecule has 0 saturated carbocycles. The van der Waals surface area contributed by atoms with Crippen molar-refractivity contribution >= 4 is 15.5 Å². The fourth-order valence-electron chi connectivity index (χ4n) is 2.41. The molecule has 1 N–H and O–H groups in total. The Bertz CT molecular complexity index is 772. The van der Waals surface area contributed by atoms with Crippen LogP contribution in [-0.2, 0) is 9.84 Å². The number of aliphatic hydroxyl groups is 1. The van der Waals surface area contributed by atoms with Crippen LogP contribution in [0.3, 0.4) is 0 Å². The fraction of sp³-hybridized carbons (Fsp3) is 0.250. The molecule has 2 aromatic rings. The average Bonchev–Trinajstić information content (AvgIpc) is 2.56. The van der Waals surface area contributed by atoms with Gasteiger partial charge in [-0.05, 0) is 36.2 Å². The number of hydrogen-bond donors (Lipinski definition) is 1. The van der Waals surface area contributed by atoms with Gasteiger partial charge in [-0.1, -0.05) is 25.1 Å². The van der Waals surface area contributed by atoms with E-state index in [0.717, 1.165) is 0 Å². The van der Waals surface area contributed by atoms with Gasteiger partial charge in [-0.2, -0.15) is 0 Å². The third-order valence-corrected chi connectivity index (χ3v) is 5.99. The summed E-state index contributed by atoms with van der Waals surface area (Å²) in [5.74, 6) is 0. The van der Waals surface area contributed by atoms with Crippen LogP contribution >= 0.6 is 0 Å². The van der Waals surface area contributed by atoms with Crippen molar-refractivity contribution in [1.82, 2.24) is 0 Å². The Morgan fingerprint density at radius 2 is 1.65 bits per heavy atom. The van der Waals surface area contributed by atoms with Crippen LogP contribution in [-0.4, -0.2) is 23.7 Å². The Morgan fingerprint density at radius 3 is 2.13 bits per heavy atom. The van der Waals surface area contributed by atoms with Gasteiger partial charge in [0.2, 0.25) is 0 Å². The number of rotatable bonds is 6. The van der Waals surface area contributed by atoms with E-state index in [-0.39, 0.29) is 17.0 Å². The molecule has 0 aliphatic heterocycles. The maximum Gasteiger partial charge on any atom is 0.269 e. The van der Waals surface area contributed by atoms with Crippen LogP contribution in [0.1, 0.15) is 25.0 Å². The van der Waals surface area contributed by atoms with Crippen molar-refractivity contribution in [1.29, 1.82) is 0 Å². The molecule has 0 radical (unpaired) electrons. The zero-order chi connectivity index (χ0) is 17.0. The summed E-state index contributed by atoms with van der Waals surface area (Å²) in [4.78, 5) is 10.3. The summed E-state index contributed by atoms with van der Waals surface area (Å²) in [6.07, 6.45) is -1.04. The molecule has 0 aliphatic carbocycles. The summed E-state index contributed by atoms with van der Waals surface area (Å²) in [5, 5.41) is 20.1. The van der Waals surface area contributed by atoms with Crippen molar-refractivity contribution < 1.29 is 18.4 Å². The van der Waals surface area contributed by atoms with E-state index in [0.29, 0.717) is 5.56 Å². The first-order valence-electron chi connectivity index (χ1n) is 7.09. The Kier molecular flexibility index (Phi) is 5.12. The van der Waals surface area contributed by atoms with Crippen molar-refractivity contribution in [2.45, 2.75) is 29.6 Å². The normalized spacial score (nSPS) is 14.2. The zero-order valence-corrected chi connectivity index (χ0v) is 13.3. The maximum absolute atomic E-state index is 12.7. The van der Waals surface area contributed by atoms with E-state index in [9.17, 15) is 23.6 Å². The molecule has 122 valence electrons. The van der Waals surface area contributed by atoms with Crippen LogP contribution in [0.15, 0.2) is 59.5 Å². The number of hydrogen-bond acceptors (Lipinski definition) is 5. The first-order valence-corrected chi connectivity index (χ1v) is 8.64. The second kappa shape index (κ2) is 6.89. The molecule has 2 rings (SSSR count). The molecule has 2 atom stereocenters. The van der Waals surface area contributed by atoms with Gasteiger partial charge in [-0.15, -0.1) is 0 Å². The molecule has 0 spiro atoms. The van der Waals surface area contributed by atoms with E-state index < -0.39 is 26.1 Å². The van der Waals surface area contributed by atoms with Gasteiger partial charge in [0.15, 0.2) is 9.84 Å². The summed E-state index contributed by atoms with van der Waals surface area (Å²) in [6.45, 7) is 1.68. The highest BCUT2D eigenvalue weighted by Gasteiger charge is 2.33. The van der Waals surface area contributed by atoms with Crippen LogP contribution in [0.2, 0.25) is 0 Å². The van der Waals surface area contributed by atoms with Gasteiger partial charge in [-0.3, -0.25) is 10.1 Å².